The second-order valence-corrected chi connectivity index (χ2v) is 4.11. The van der Waals surface area contributed by atoms with Gasteiger partial charge in [-0.2, -0.15) is 0 Å². The Morgan fingerprint density at radius 2 is 1.72 bits per heavy atom. The van der Waals surface area contributed by atoms with Gasteiger partial charge in [0.25, 0.3) is 6.47 Å². The average Bonchev–Trinajstić information content (AvgIpc) is 2.35. The molecule has 0 saturated heterocycles. The third-order valence-corrected chi connectivity index (χ3v) is 2.56. The molecule has 0 aromatic rings. The molecule has 102 valence electrons. The summed E-state index contributed by atoms with van der Waals surface area (Å²) in [5.41, 5.74) is 5.86. The van der Waals surface area contributed by atoms with Crippen molar-refractivity contribution in [3.8, 4) is 0 Å². The minimum atomic E-state index is -0.416. The minimum Gasteiger partial charge on any atom is -0.433 e. The van der Waals surface area contributed by atoms with Gasteiger partial charge in [0.15, 0.2) is 0 Å². The lowest BCUT2D eigenvalue weighted by Gasteiger charge is -2.04. The lowest BCUT2D eigenvalue weighted by atomic mass is 10.1. The van der Waals surface area contributed by atoms with Gasteiger partial charge in [-0.1, -0.05) is 32.8 Å². The van der Waals surface area contributed by atoms with Gasteiger partial charge in [-0.15, -0.1) is 0 Å². The highest BCUT2D eigenvalue weighted by atomic mass is 16.5. The summed E-state index contributed by atoms with van der Waals surface area (Å²) in [4.78, 5) is 21.6. The third kappa shape index (κ3) is 7.65. The highest BCUT2D eigenvalue weighted by molar-refractivity contribution is 5.92. The Labute approximate surface area is 109 Å². The first-order chi connectivity index (χ1) is 8.65. The maximum absolute atomic E-state index is 11.2. The highest BCUT2D eigenvalue weighted by Crippen LogP contribution is 2.11. The highest BCUT2D eigenvalue weighted by Gasteiger charge is 2.03. The Balaban J connectivity index is 4.69. The van der Waals surface area contributed by atoms with Gasteiger partial charge >= 0.3 is 0 Å². The van der Waals surface area contributed by atoms with E-state index in [0.29, 0.717) is 30.6 Å². The lowest BCUT2D eigenvalue weighted by molar-refractivity contribution is -0.125. The summed E-state index contributed by atoms with van der Waals surface area (Å²) in [6.07, 6.45) is 8.54. The summed E-state index contributed by atoms with van der Waals surface area (Å²) in [5.74, 6) is 0.155. The molecule has 0 bridgehead atoms. The van der Waals surface area contributed by atoms with Crippen LogP contribution >= 0.6 is 0 Å². The molecule has 0 heterocycles. The number of hydrogen-bond donors (Lipinski definition) is 1. The summed E-state index contributed by atoms with van der Waals surface area (Å²) in [6.45, 7) is 4.52. The van der Waals surface area contributed by atoms with Crippen LogP contribution < -0.4 is 5.73 Å². The van der Waals surface area contributed by atoms with Gasteiger partial charge in [0, 0.05) is 12.0 Å². The van der Waals surface area contributed by atoms with Crippen LogP contribution in [0, 0.1) is 0 Å². The molecular formula is C14H23NO3. The molecule has 4 heteroatoms. The van der Waals surface area contributed by atoms with Crippen molar-refractivity contribution in [2.24, 2.45) is 5.73 Å². The van der Waals surface area contributed by atoms with E-state index in [9.17, 15) is 9.59 Å². The van der Waals surface area contributed by atoms with E-state index in [4.69, 9.17) is 10.5 Å². The van der Waals surface area contributed by atoms with Crippen LogP contribution in [0.3, 0.4) is 0 Å². The molecule has 0 aromatic heterocycles. The van der Waals surface area contributed by atoms with Crippen molar-refractivity contribution in [3.63, 3.8) is 0 Å². The van der Waals surface area contributed by atoms with Crippen molar-refractivity contribution in [1.29, 1.82) is 0 Å². The number of allylic oxidation sites excluding steroid dienone is 3. The van der Waals surface area contributed by atoms with Gasteiger partial charge in [0.2, 0.25) is 5.91 Å². The van der Waals surface area contributed by atoms with E-state index in [2.05, 4.69) is 13.8 Å². The maximum Gasteiger partial charge on any atom is 0.298 e. The Bertz CT molecular complexity index is 319. The number of nitrogens with two attached hydrogens (primary N) is 1. The summed E-state index contributed by atoms with van der Waals surface area (Å²) >= 11 is 0. The second-order valence-electron chi connectivity index (χ2n) is 4.11. The first-order valence-electron chi connectivity index (χ1n) is 6.45. The molecule has 0 aliphatic carbocycles. The number of carbonyl (C=O) groups excluding carboxylic acids is 2. The van der Waals surface area contributed by atoms with E-state index >= 15 is 0 Å². The van der Waals surface area contributed by atoms with Crippen LogP contribution in [0.2, 0.25) is 0 Å². The number of rotatable bonds is 10. The quantitative estimate of drug-likeness (QED) is 0.282. The van der Waals surface area contributed by atoms with Crippen LogP contribution in [0.4, 0.5) is 0 Å². The van der Waals surface area contributed by atoms with Crippen LogP contribution in [-0.4, -0.2) is 12.4 Å². The van der Waals surface area contributed by atoms with Crippen LogP contribution in [0.25, 0.3) is 0 Å². The van der Waals surface area contributed by atoms with E-state index in [0.717, 1.165) is 25.7 Å². The molecule has 0 saturated carbocycles. The van der Waals surface area contributed by atoms with E-state index in [1.54, 1.807) is 12.2 Å². The largest absolute Gasteiger partial charge is 0.433 e. The molecule has 1 amide bonds. The topological polar surface area (TPSA) is 69.4 Å². The fourth-order valence-corrected chi connectivity index (χ4v) is 1.44. The second kappa shape index (κ2) is 10.6. The number of hydrogen-bond acceptors (Lipinski definition) is 3. The van der Waals surface area contributed by atoms with Crippen LogP contribution in [0.5, 0.6) is 0 Å². The molecule has 18 heavy (non-hydrogen) atoms. The van der Waals surface area contributed by atoms with Crippen molar-refractivity contribution in [1.82, 2.24) is 0 Å². The molecule has 0 aliphatic rings. The van der Waals surface area contributed by atoms with Gasteiger partial charge < -0.3 is 10.5 Å². The van der Waals surface area contributed by atoms with Crippen molar-refractivity contribution in [3.05, 3.63) is 23.5 Å². The zero-order valence-electron chi connectivity index (χ0n) is 11.3. The van der Waals surface area contributed by atoms with Crippen LogP contribution in [0.1, 0.15) is 52.4 Å². The first kappa shape index (κ1) is 16.4. The zero-order chi connectivity index (χ0) is 13.8. The zero-order valence-corrected chi connectivity index (χ0v) is 11.3. The standard InChI is InChI=1S/C14H23NO3/c1-3-5-7-12(14(15)17)9-10-13(18-11-16)8-6-4-2/h9-11H,3-8H2,1-2H3,(H2,15,17). The lowest BCUT2D eigenvalue weighted by Crippen LogP contribution is -2.13. The molecule has 0 rings (SSSR count). The number of amides is 1. The summed E-state index contributed by atoms with van der Waals surface area (Å²) in [5, 5.41) is 0. The third-order valence-electron chi connectivity index (χ3n) is 2.56. The molecule has 0 aliphatic heterocycles. The molecular weight excluding hydrogens is 230 g/mol. The molecule has 0 atom stereocenters. The van der Waals surface area contributed by atoms with Crippen molar-refractivity contribution in [2.75, 3.05) is 0 Å². The summed E-state index contributed by atoms with van der Waals surface area (Å²) in [6, 6.07) is 0. The van der Waals surface area contributed by atoms with Gasteiger partial charge in [0.05, 0.1) is 0 Å². The van der Waals surface area contributed by atoms with E-state index in [-0.39, 0.29) is 0 Å². The summed E-state index contributed by atoms with van der Waals surface area (Å²) in [7, 11) is 0. The Morgan fingerprint density at radius 1 is 1.11 bits per heavy atom. The predicted octanol–water partition coefficient (Wildman–Crippen LogP) is 2.84. The van der Waals surface area contributed by atoms with Crippen molar-refractivity contribution >= 4 is 12.4 Å². The fraction of sp³-hybridized carbons (Fsp3) is 0.571. The van der Waals surface area contributed by atoms with Crippen molar-refractivity contribution in [2.45, 2.75) is 52.4 Å². The van der Waals surface area contributed by atoms with Gasteiger partial charge in [0.1, 0.15) is 5.76 Å². The number of carbonyl (C=O) groups is 2. The first-order valence-corrected chi connectivity index (χ1v) is 6.45. The fourth-order valence-electron chi connectivity index (χ4n) is 1.44. The van der Waals surface area contributed by atoms with Gasteiger partial charge in [-0.05, 0) is 25.3 Å². The monoisotopic (exact) mass is 253 g/mol. The molecule has 0 radical (unpaired) electrons. The van der Waals surface area contributed by atoms with E-state index < -0.39 is 5.91 Å². The molecule has 0 unspecified atom stereocenters. The number of ether oxygens (including phenoxy) is 1. The smallest absolute Gasteiger partial charge is 0.298 e. The average molecular weight is 253 g/mol. The van der Waals surface area contributed by atoms with E-state index in [1.165, 1.54) is 0 Å². The Hall–Kier alpha value is -1.58. The molecule has 0 fully saturated rings. The molecule has 0 aromatic carbocycles. The van der Waals surface area contributed by atoms with Crippen LogP contribution in [-0.2, 0) is 14.3 Å². The Kier molecular flexibility index (Phi) is 9.64. The minimum absolute atomic E-state index is 0.408. The number of primary amides is 1. The molecule has 4 nitrogen and oxygen atoms in total. The maximum atomic E-state index is 11.2. The molecule has 0 spiro atoms. The van der Waals surface area contributed by atoms with Gasteiger partial charge in [-0.3, -0.25) is 9.59 Å². The normalized spacial score (nSPS) is 12.3. The predicted molar refractivity (Wildman–Crippen MR) is 71.6 cm³/mol. The molecule has 2 N–H and O–H groups in total. The van der Waals surface area contributed by atoms with Gasteiger partial charge in [-0.25, -0.2) is 0 Å². The van der Waals surface area contributed by atoms with Crippen LogP contribution in [0.15, 0.2) is 23.5 Å². The summed E-state index contributed by atoms with van der Waals surface area (Å²) < 4.78 is 4.86. The Morgan fingerprint density at radius 3 is 2.22 bits per heavy atom. The van der Waals surface area contributed by atoms with E-state index in [1.807, 2.05) is 0 Å². The SMILES string of the molecule is CCCCC(=CC=C(CCCC)C(N)=O)OC=O. The van der Waals surface area contributed by atoms with Crippen molar-refractivity contribution < 1.29 is 14.3 Å². The number of unbranched alkanes of at least 4 members (excludes halogenated alkanes) is 2.